The molecule has 1 N–H and O–H groups in total. The number of fused-ring (bicyclic) bond motifs is 1. The van der Waals surface area contributed by atoms with Crippen molar-refractivity contribution in [2.45, 2.75) is 37.7 Å². The molecule has 0 spiro atoms. The highest BCUT2D eigenvalue weighted by Gasteiger charge is 2.34. The Morgan fingerprint density at radius 2 is 2.15 bits per heavy atom. The number of hydrogen-bond acceptors (Lipinski definition) is 4. The van der Waals surface area contributed by atoms with Crippen molar-refractivity contribution in [2.75, 3.05) is 12.9 Å². The van der Waals surface area contributed by atoms with Gasteiger partial charge >= 0.3 is 0 Å². The summed E-state index contributed by atoms with van der Waals surface area (Å²) in [4.78, 5) is 12.5. The predicted molar refractivity (Wildman–Crippen MR) is 111 cm³/mol. The summed E-state index contributed by atoms with van der Waals surface area (Å²) in [6.45, 7) is 4.07. The summed E-state index contributed by atoms with van der Waals surface area (Å²) in [5.41, 5.74) is 1.73. The van der Waals surface area contributed by atoms with Crippen molar-refractivity contribution in [1.82, 2.24) is 5.32 Å². The van der Waals surface area contributed by atoms with Gasteiger partial charge in [-0.15, -0.1) is 11.8 Å². The van der Waals surface area contributed by atoms with E-state index in [0.29, 0.717) is 17.2 Å². The Balaban J connectivity index is 1.63. The van der Waals surface area contributed by atoms with Crippen LogP contribution in [0.1, 0.15) is 37.4 Å². The lowest BCUT2D eigenvalue weighted by Gasteiger charge is -2.38. The molecule has 0 aliphatic carbocycles. The molecule has 0 aromatic heterocycles. The molecule has 1 aliphatic heterocycles. The van der Waals surface area contributed by atoms with Gasteiger partial charge in [0.05, 0.1) is 18.9 Å². The van der Waals surface area contributed by atoms with Crippen LogP contribution < -0.4 is 14.8 Å². The van der Waals surface area contributed by atoms with Crippen LogP contribution in [0, 0.1) is 0 Å². The van der Waals surface area contributed by atoms with Crippen molar-refractivity contribution in [3.05, 3.63) is 58.6 Å². The van der Waals surface area contributed by atoms with Gasteiger partial charge < -0.3 is 14.8 Å². The maximum atomic E-state index is 12.5. The van der Waals surface area contributed by atoms with Crippen LogP contribution in [-0.4, -0.2) is 24.4 Å². The SMILES string of the molecule is COc1ccc2c(c1)[C@@H](NC(=O)CSCc1cccc(Cl)c1)CC(C)(C)O2. The number of hydrogen-bond donors (Lipinski definition) is 1. The monoisotopic (exact) mass is 405 g/mol. The molecule has 0 unspecified atom stereocenters. The van der Waals surface area contributed by atoms with Gasteiger partial charge in [0.2, 0.25) is 5.91 Å². The minimum atomic E-state index is -0.340. The molecule has 0 saturated carbocycles. The van der Waals surface area contributed by atoms with Gasteiger partial charge in [0.15, 0.2) is 0 Å². The third-order valence-electron chi connectivity index (χ3n) is 4.40. The molecule has 1 amide bonds. The summed E-state index contributed by atoms with van der Waals surface area (Å²) < 4.78 is 11.4. The van der Waals surface area contributed by atoms with E-state index >= 15 is 0 Å². The zero-order valence-corrected chi connectivity index (χ0v) is 17.3. The number of carbonyl (C=O) groups is 1. The smallest absolute Gasteiger partial charge is 0.230 e. The molecule has 2 aromatic carbocycles. The van der Waals surface area contributed by atoms with E-state index in [2.05, 4.69) is 5.32 Å². The molecule has 1 aliphatic rings. The van der Waals surface area contributed by atoms with Crippen molar-refractivity contribution >= 4 is 29.3 Å². The Morgan fingerprint density at radius 1 is 1.33 bits per heavy atom. The first kappa shape index (κ1) is 19.9. The van der Waals surface area contributed by atoms with Crippen molar-refractivity contribution in [2.24, 2.45) is 0 Å². The maximum Gasteiger partial charge on any atom is 0.230 e. The van der Waals surface area contributed by atoms with E-state index < -0.39 is 0 Å². The summed E-state index contributed by atoms with van der Waals surface area (Å²) in [5, 5.41) is 3.87. The number of nitrogens with one attached hydrogen (secondary N) is 1. The Morgan fingerprint density at radius 3 is 2.89 bits per heavy atom. The largest absolute Gasteiger partial charge is 0.497 e. The molecular weight excluding hydrogens is 382 g/mol. The lowest BCUT2D eigenvalue weighted by atomic mass is 9.89. The molecule has 4 nitrogen and oxygen atoms in total. The standard InChI is InChI=1S/C21H24ClNO3S/c1-21(2)11-18(17-10-16(25-3)7-8-19(17)26-21)23-20(24)13-27-12-14-5-4-6-15(22)9-14/h4-10,18H,11-13H2,1-3H3,(H,23,24)/t18-/m0/s1. The van der Waals surface area contributed by atoms with Gasteiger partial charge in [-0.05, 0) is 49.7 Å². The molecule has 1 atom stereocenters. The van der Waals surface area contributed by atoms with Crippen LogP contribution in [0.5, 0.6) is 11.5 Å². The number of halogens is 1. The van der Waals surface area contributed by atoms with Crippen LogP contribution in [-0.2, 0) is 10.5 Å². The molecule has 0 radical (unpaired) electrons. The van der Waals surface area contributed by atoms with Crippen LogP contribution in [0.25, 0.3) is 0 Å². The first-order chi connectivity index (χ1) is 12.9. The highest BCUT2D eigenvalue weighted by atomic mass is 35.5. The summed E-state index contributed by atoms with van der Waals surface area (Å²) >= 11 is 7.58. The molecule has 144 valence electrons. The average molecular weight is 406 g/mol. The van der Waals surface area contributed by atoms with Crippen LogP contribution in [0.3, 0.4) is 0 Å². The molecule has 3 rings (SSSR count). The van der Waals surface area contributed by atoms with E-state index in [-0.39, 0.29) is 17.6 Å². The average Bonchev–Trinajstić information content (AvgIpc) is 2.60. The molecule has 0 saturated heterocycles. The molecule has 0 bridgehead atoms. The third-order valence-corrected chi connectivity index (χ3v) is 5.64. The van der Waals surface area contributed by atoms with E-state index in [1.807, 2.05) is 56.3 Å². The van der Waals surface area contributed by atoms with Crippen molar-refractivity contribution < 1.29 is 14.3 Å². The number of benzene rings is 2. The number of carbonyl (C=O) groups excluding carboxylic acids is 1. The second kappa shape index (κ2) is 8.44. The number of methoxy groups -OCH3 is 1. The number of thioether (sulfide) groups is 1. The van der Waals surface area contributed by atoms with Crippen LogP contribution >= 0.6 is 23.4 Å². The third kappa shape index (κ3) is 5.33. The topological polar surface area (TPSA) is 47.6 Å². The van der Waals surface area contributed by atoms with Crippen molar-refractivity contribution in [1.29, 1.82) is 0 Å². The second-order valence-corrected chi connectivity index (χ2v) is 8.63. The fourth-order valence-corrected chi connectivity index (χ4v) is 4.21. The van der Waals surface area contributed by atoms with Crippen LogP contribution in [0.2, 0.25) is 5.02 Å². The van der Waals surface area contributed by atoms with E-state index in [4.69, 9.17) is 21.1 Å². The first-order valence-electron chi connectivity index (χ1n) is 8.85. The first-order valence-corrected chi connectivity index (χ1v) is 10.4. The quantitative estimate of drug-likeness (QED) is 0.734. The molecule has 1 heterocycles. The fraction of sp³-hybridized carbons (Fsp3) is 0.381. The zero-order chi connectivity index (χ0) is 19.4. The van der Waals surface area contributed by atoms with Gasteiger partial charge in [-0.25, -0.2) is 0 Å². The molecule has 27 heavy (non-hydrogen) atoms. The molecule has 6 heteroatoms. The minimum absolute atomic E-state index is 0.0125. The Hall–Kier alpha value is -1.85. The van der Waals surface area contributed by atoms with Gasteiger partial charge in [0.1, 0.15) is 17.1 Å². The molecular formula is C21H24ClNO3S. The summed E-state index contributed by atoms with van der Waals surface area (Å²) in [6.07, 6.45) is 0.706. The van der Waals surface area contributed by atoms with Crippen molar-refractivity contribution in [3.63, 3.8) is 0 Å². The highest BCUT2D eigenvalue weighted by Crippen LogP contribution is 2.41. The van der Waals surface area contributed by atoms with Gasteiger partial charge in [-0.1, -0.05) is 23.7 Å². The van der Waals surface area contributed by atoms with Crippen molar-refractivity contribution in [3.8, 4) is 11.5 Å². The van der Waals surface area contributed by atoms with E-state index in [9.17, 15) is 4.79 Å². The van der Waals surface area contributed by atoms with E-state index in [1.165, 1.54) is 0 Å². The zero-order valence-electron chi connectivity index (χ0n) is 15.8. The summed E-state index contributed by atoms with van der Waals surface area (Å²) in [6, 6.07) is 13.3. The van der Waals surface area contributed by atoms with Crippen LogP contribution in [0.4, 0.5) is 0 Å². The summed E-state index contributed by atoms with van der Waals surface area (Å²) in [5.74, 6) is 2.70. The second-order valence-electron chi connectivity index (χ2n) is 7.21. The summed E-state index contributed by atoms with van der Waals surface area (Å²) in [7, 11) is 1.63. The Labute approximate surface area is 169 Å². The lowest BCUT2D eigenvalue weighted by molar-refractivity contribution is -0.119. The number of amides is 1. The Bertz CT molecular complexity index is 825. The molecule has 2 aromatic rings. The maximum absolute atomic E-state index is 12.5. The van der Waals surface area contributed by atoms with Gasteiger partial charge in [0.25, 0.3) is 0 Å². The van der Waals surface area contributed by atoms with Gasteiger partial charge in [-0.2, -0.15) is 0 Å². The van der Waals surface area contributed by atoms with Gasteiger partial charge in [-0.3, -0.25) is 4.79 Å². The van der Waals surface area contributed by atoms with E-state index in [0.717, 1.165) is 28.4 Å². The number of rotatable bonds is 6. The Kier molecular flexibility index (Phi) is 6.22. The fourth-order valence-electron chi connectivity index (χ4n) is 3.21. The normalized spacial score (nSPS) is 17.6. The van der Waals surface area contributed by atoms with E-state index in [1.54, 1.807) is 18.9 Å². The predicted octanol–water partition coefficient (Wildman–Crippen LogP) is 5.00. The lowest BCUT2D eigenvalue weighted by Crippen LogP contribution is -2.41. The van der Waals surface area contributed by atoms with Gasteiger partial charge in [0, 0.05) is 22.8 Å². The highest BCUT2D eigenvalue weighted by molar-refractivity contribution is 7.99. The van der Waals surface area contributed by atoms with Crippen LogP contribution in [0.15, 0.2) is 42.5 Å². The number of ether oxygens (including phenoxy) is 2. The molecule has 0 fully saturated rings. The minimum Gasteiger partial charge on any atom is -0.497 e.